The topological polar surface area (TPSA) is 42.1 Å². The van der Waals surface area contributed by atoms with Crippen molar-refractivity contribution in [1.82, 2.24) is 4.98 Å². The molecule has 0 aliphatic heterocycles. The highest BCUT2D eigenvalue weighted by Crippen LogP contribution is 2.13. The number of unbranched alkanes of at least 4 members (excludes halogenated alkanes) is 2. The Morgan fingerprint density at radius 2 is 1.83 bits per heavy atom. The lowest BCUT2D eigenvalue weighted by molar-refractivity contribution is 0.671. The summed E-state index contributed by atoms with van der Waals surface area (Å²) in [7, 11) is 0. The van der Waals surface area contributed by atoms with Crippen LogP contribution in [0.4, 0.5) is 5.82 Å². The van der Waals surface area contributed by atoms with Crippen molar-refractivity contribution < 1.29 is 0 Å². The third-order valence-corrected chi connectivity index (χ3v) is 3.16. The van der Waals surface area contributed by atoms with E-state index in [9.17, 15) is 0 Å². The molecule has 1 rings (SSSR count). The zero-order valence-corrected chi connectivity index (χ0v) is 12.2. The highest BCUT2D eigenvalue weighted by molar-refractivity contribution is 7.80. The molecular weight excluding hydrogens is 242 g/mol. The van der Waals surface area contributed by atoms with Crippen molar-refractivity contribution in [1.29, 1.82) is 0 Å². The van der Waals surface area contributed by atoms with E-state index in [4.69, 9.17) is 18.0 Å². The number of hydrogen-bond donors (Lipinski definition) is 1. The molecule has 0 saturated carbocycles. The van der Waals surface area contributed by atoms with Crippen molar-refractivity contribution in [3.8, 4) is 0 Å². The van der Waals surface area contributed by atoms with Crippen molar-refractivity contribution in [2.45, 2.75) is 39.5 Å². The SMILES string of the molecule is CCCCN(CCCC)c1ccc(C(N)=S)cn1. The monoisotopic (exact) mass is 265 g/mol. The maximum Gasteiger partial charge on any atom is 0.128 e. The molecule has 0 unspecified atom stereocenters. The summed E-state index contributed by atoms with van der Waals surface area (Å²) in [6.07, 6.45) is 6.56. The molecule has 0 saturated heterocycles. The second-order valence-corrected chi connectivity index (χ2v) is 4.90. The van der Waals surface area contributed by atoms with Crippen LogP contribution in [-0.2, 0) is 0 Å². The average molecular weight is 265 g/mol. The molecule has 4 heteroatoms. The van der Waals surface area contributed by atoms with E-state index in [1.54, 1.807) is 6.20 Å². The number of pyridine rings is 1. The van der Waals surface area contributed by atoms with Gasteiger partial charge in [0.1, 0.15) is 10.8 Å². The number of anilines is 1. The Hall–Kier alpha value is -1.16. The molecule has 2 N–H and O–H groups in total. The Labute approximate surface area is 115 Å². The van der Waals surface area contributed by atoms with Crippen LogP contribution in [0, 0.1) is 0 Å². The summed E-state index contributed by atoms with van der Waals surface area (Å²) in [4.78, 5) is 7.21. The molecule has 1 heterocycles. The maximum atomic E-state index is 5.58. The minimum Gasteiger partial charge on any atom is -0.389 e. The Morgan fingerprint density at radius 3 is 2.22 bits per heavy atom. The van der Waals surface area contributed by atoms with Gasteiger partial charge < -0.3 is 10.6 Å². The molecule has 18 heavy (non-hydrogen) atoms. The van der Waals surface area contributed by atoms with Gasteiger partial charge in [0, 0.05) is 24.8 Å². The van der Waals surface area contributed by atoms with E-state index in [1.165, 1.54) is 25.7 Å². The summed E-state index contributed by atoms with van der Waals surface area (Å²) >= 11 is 4.94. The molecule has 0 spiro atoms. The van der Waals surface area contributed by atoms with Crippen LogP contribution in [0.25, 0.3) is 0 Å². The van der Waals surface area contributed by atoms with Crippen molar-refractivity contribution in [2.24, 2.45) is 5.73 Å². The molecule has 1 aromatic rings. The van der Waals surface area contributed by atoms with Crippen molar-refractivity contribution in [3.63, 3.8) is 0 Å². The second kappa shape index (κ2) is 8.03. The highest BCUT2D eigenvalue weighted by atomic mass is 32.1. The lowest BCUT2D eigenvalue weighted by atomic mass is 10.2. The fourth-order valence-corrected chi connectivity index (χ4v) is 1.88. The van der Waals surface area contributed by atoms with E-state index in [0.29, 0.717) is 4.99 Å². The third-order valence-electron chi connectivity index (χ3n) is 2.92. The van der Waals surface area contributed by atoms with Gasteiger partial charge in [0.25, 0.3) is 0 Å². The van der Waals surface area contributed by atoms with E-state index in [1.807, 2.05) is 12.1 Å². The molecule has 0 aliphatic rings. The first kappa shape index (κ1) is 14.9. The molecule has 0 radical (unpaired) electrons. The average Bonchev–Trinajstić information content (AvgIpc) is 2.39. The molecular formula is C14H23N3S. The van der Waals surface area contributed by atoms with Crippen LogP contribution in [0.5, 0.6) is 0 Å². The summed E-state index contributed by atoms with van der Waals surface area (Å²) in [6.45, 7) is 6.55. The number of rotatable bonds is 8. The van der Waals surface area contributed by atoms with Gasteiger partial charge >= 0.3 is 0 Å². The van der Waals surface area contributed by atoms with E-state index in [2.05, 4.69) is 23.7 Å². The van der Waals surface area contributed by atoms with E-state index in [-0.39, 0.29) is 0 Å². The lowest BCUT2D eigenvalue weighted by Crippen LogP contribution is -2.26. The number of hydrogen-bond acceptors (Lipinski definition) is 3. The number of nitrogens with two attached hydrogens (primary N) is 1. The molecule has 0 amide bonds. The standard InChI is InChI=1S/C14H23N3S/c1-3-5-9-17(10-6-4-2)13-8-7-12(11-16-13)14(15)18/h7-8,11H,3-6,9-10H2,1-2H3,(H2,15,18). The van der Waals surface area contributed by atoms with Crippen LogP contribution in [0.1, 0.15) is 45.1 Å². The van der Waals surface area contributed by atoms with Crippen LogP contribution < -0.4 is 10.6 Å². The van der Waals surface area contributed by atoms with Crippen LogP contribution in [-0.4, -0.2) is 23.1 Å². The third kappa shape index (κ3) is 4.61. The van der Waals surface area contributed by atoms with Gasteiger partial charge in [0.15, 0.2) is 0 Å². The Morgan fingerprint density at radius 1 is 1.22 bits per heavy atom. The van der Waals surface area contributed by atoms with Crippen molar-refractivity contribution >= 4 is 23.0 Å². The van der Waals surface area contributed by atoms with Gasteiger partial charge in [-0.1, -0.05) is 38.9 Å². The van der Waals surface area contributed by atoms with Crippen LogP contribution in [0.3, 0.4) is 0 Å². The van der Waals surface area contributed by atoms with Gasteiger partial charge in [0.05, 0.1) is 0 Å². The van der Waals surface area contributed by atoms with Crippen molar-refractivity contribution in [2.75, 3.05) is 18.0 Å². The quantitative estimate of drug-likeness (QED) is 0.733. The van der Waals surface area contributed by atoms with Gasteiger partial charge in [-0.25, -0.2) is 4.98 Å². The minimum absolute atomic E-state index is 0.405. The maximum absolute atomic E-state index is 5.58. The van der Waals surface area contributed by atoms with Crippen LogP contribution >= 0.6 is 12.2 Å². The number of nitrogens with zero attached hydrogens (tertiary/aromatic N) is 2. The van der Waals surface area contributed by atoms with Gasteiger partial charge in [0.2, 0.25) is 0 Å². The van der Waals surface area contributed by atoms with Gasteiger partial charge in [-0.15, -0.1) is 0 Å². The summed E-state index contributed by atoms with van der Waals surface area (Å²) < 4.78 is 0. The molecule has 3 nitrogen and oxygen atoms in total. The Bertz CT molecular complexity index is 354. The first-order valence-electron chi connectivity index (χ1n) is 6.69. The Balaban J connectivity index is 2.73. The van der Waals surface area contributed by atoms with E-state index in [0.717, 1.165) is 24.5 Å². The summed E-state index contributed by atoms with van der Waals surface area (Å²) in [5, 5.41) is 0. The fourth-order valence-electron chi connectivity index (χ4n) is 1.76. The molecule has 0 fully saturated rings. The first-order valence-corrected chi connectivity index (χ1v) is 7.10. The molecule has 100 valence electrons. The predicted octanol–water partition coefficient (Wildman–Crippen LogP) is 3.12. The fraction of sp³-hybridized carbons (Fsp3) is 0.571. The Kier molecular flexibility index (Phi) is 6.65. The van der Waals surface area contributed by atoms with E-state index >= 15 is 0 Å². The molecule has 0 aliphatic carbocycles. The molecule has 1 aromatic heterocycles. The summed E-state index contributed by atoms with van der Waals surface area (Å²) in [6, 6.07) is 3.97. The minimum atomic E-state index is 0.405. The summed E-state index contributed by atoms with van der Waals surface area (Å²) in [5.74, 6) is 1.02. The zero-order valence-electron chi connectivity index (χ0n) is 11.4. The summed E-state index contributed by atoms with van der Waals surface area (Å²) in [5.41, 5.74) is 6.41. The predicted molar refractivity (Wildman–Crippen MR) is 82.2 cm³/mol. The smallest absolute Gasteiger partial charge is 0.128 e. The number of aromatic nitrogens is 1. The molecule has 0 atom stereocenters. The molecule has 0 aromatic carbocycles. The van der Waals surface area contributed by atoms with Gasteiger partial charge in [-0.2, -0.15) is 0 Å². The van der Waals surface area contributed by atoms with Crippen LogP contribution in [0.15, 0.2) is 18.3 Å². The largest absolute Gasteiger partial charge is 0.389 e. The van der Waals surface area contributed by atoms with Gasteiger partial charge in [-0.05, 0) is 25.0 Å². The first-order chi connectivity index (χ1) is 8.69. The highest BCUT2D eigenvalue weighted by Gasteiger charge is 2.07. The second-order valence-electron chi connectivity index (χ2n) is 4.46. The number of thiocarbonyl (C=S) groups is 1. The van der Waals surface area contributed by atoms with Gasteiger partial charge in [-0.3, -0.25) is 0 Å². The lowest BCUT2D eigenvalue weighted by Gasteiger charge is -2.23. The zero-order chi connectivity index (χ0) is 13.4. The van der Waals surface area contributed by atoms with E-state index < -0.39 is 0 Å². The molecule has 0 bridgehead atoms. The van der Waals surface area contributed by atoms with Crippen LogP contribution in [0.2, 0.25) is 0 Å². The normalized spacial score (nSPS) is 10.3. The van der Waals surface area contributed by atoms with Crippen molar-refractivity contribution in [3.05, 3.63) is 23.9 Å².